The van der Waals surface area contributed by atoms with Crippen LogP contribution in [0.25, 0.3) is 11.0 Å². The van der Waals surface area contributed by atoms with Gasteiger partial charge in [0, 0.05) is 7.05 Å². The summed E-state index contributed by atoms with van der Waals surface area (Å²) >= 11 is 12.1. The van der Waals surface area contributed by atoms with E-state index in [4.69, 9.17) is 23.2 Å². The Bertz CT molecular complexity index is 760. The van der Waals surface area contributed by atoms with E-state index >= 15 is 0 Å². The van der Waals surface area contributed by atoms with E-state index in [2.05, 4.69) is 20.2 Å². The smallest absolute Gasteiger partial charge is 0.162 e. The molecule has 8 heteroatoms. The summed E-state index contributed by atoms with van der Waals surface area (Å²) in [4.78, 5) is 8.70. The second kappa shape index (κ2) is 4.47. The summed E-state index contributed by atoms with van der Waals surface area (Å²) in [7, 11) is 1.81. The minimum absolute atomic E-state index is 0.393. The third-order valence-corrected chi connectivity index (χ3v) is 3.59. The van der Waals surface area contributed by atoms with Crippen molar-refractivity contribution in [3.8, 4) is 0 Å². The van der Waals surface area contributed by atoms with Gasteiger partial charge in [-0.2, -0.15) is 10.2 Å². The van der Waals surface area contributed by atoms with Crippen molar-refractivity contribution in [2.75, 3.05) is 0 Å². The fourth-order valence-corrected chi connectivity index (χ4v) is 2.19. The predicted molar refractivity (Wildman–Crippen MR) is 72.4 cm³/mol. The van der Waals surface area contributed by atoms with E-state index in [9.17, 15) is 0 Å². The van der Waals surface area contributed by atoms with Crippen LogP contribution in [0.15, 0.2) is 12.4 Å². The van der Waals surface area contributed by atoms with E-state index in [1.165, 1.54) is 0 Å². The lowest BCUT2D eigenvalue weighted by molar-refractivity contribution is 0.637. The van der Waals surface area contributed by atoms with Gasteiger partial charge in [-0.3, -0.25) is 9.36 Å². The number of rotatable bonds is 2. The van der Waals surface area contributed by atoms with Gasteiger partial charge < -0.3 is 0 Å². The number of aryl methyl sites for hydroxylation is 1. The van der Waals surface area contributed by atoms with Gasteiger partial charge >= 0.3 is 0 Å². The zero-order chi connectivity index (χ0) is 13.6. The Morgan fingerprint density at radius 1 is 1.16 bits per heavy atom. The number of hydrogen-bond acceptors (Lipinski definition) is 4. The van der Waals surface area contributed by atoms with Gasteiger partial charge in [0.2, 0.25) is 0 Å². The Morgan fingerprint density at radius 2 is 1.95 bits per heavy atom. The van der Waals surface area contributed by atoms with Gasteiger partial charge in [-0.1, -0.05) is 23.2 Å². The van der Waals surface area contributed by atoms with Crippen LogP contribution < -0.4 is 0 Å². The molecular weight excluding hydrogens is 287 g/mol. The van der Waals surface area contributed by atoms with Crippen LogP contribution in [0.3, 0.4) is 0 Å². The monoisotopic (exact) mass is 296 g/mol. The lowest BCUT2D eigenvalue weighted by atomic mass is 10.4. The van der Waals surface area contributed by atoms with Crippen LogP contribution in [-0.4, -0.2) is 29.5 Å². The molecular formula is C11H10Cl2N6. The Hall–Kier alpha value is -1.66. The van der Waals surface area contributed by atoms with Crippen molar-refractivity contribution in [1.29, 1.82) is 0 Å². The molecule has 19 heavy (non-hydrogen) atoms. The van der Waals surface area contributed by atoms with Crippen molar-refractivity contribution in [3.05, 3.63) is 34.1 Å². The molecule has 0 spiro atoms. The topological polar surface area (TPSA) is 61.4 Å². The zero-order valence-electron chi connectivity index (χ0n) is 10.3. The first-order chi connectivity index (χ1) is 9.06. The lowest BCUT2D eigenvalue weighted by Gasteiger charge is -2.05. The molecule has 0 bridgehead atoms. The lowest BCUT2D eigenvalue weighted by Crippen LogP contribution is -2.08. The standard InChI is InChI=1S/C11H10Cl2N6/c1-6-8(12)4-15-19(6)5-9-16-10(13)7-3-14-18(2)11(7)17-9/h3-4H,5H2,1-2H3. The molecule has 0 aliphatic heterocycles. The molecule has 0 fully saturated rings. The van der Waals surface area contributed by atoms with Crippen LogP contribution in [0.5, 0.6) is 0 Å². The SMILES string of the molecule is Cc1c(Cl)cnn1Cc1nc(Cl)c2cnn(C)c2n1. The molecule has 3 aromatic heterocycles. The predicted octanol–water partition coefficient (Wildman–Crippen LogP) is 2.22. The van der Waals surface area contributed by atoms with Crippen molar-refractivity contribution in [1.82, 2.24) is 29.5 Å². The molecule has 0 saturated carbocycles. The summed E-state index contributed by atoms with van der Waals surface area (Å²) in [5.74, 6) is 0.573. The molecule has 0 saturated heterocycles. The largest absolute Gasteiger partial charge is 0.261 e. The van der Waals surface area contributed by atoms with Crippen LogP contribution in [-0.2, 0) is 13.6 Å². The van der Waals surface area contributed by atoms with E-state index in [0.29, 0.717) is 28.2 Å². The number of fused-ring (bicyclic) bond motifs is 1. The first-order valence-electron chi connectivity index (χ1n) is 5.58. The maximum absolute atomic E-state index is 6.13. The Kier molecular flexibility index (Phi) is 2.91. The molecule has 0 unspecified atom stereocenters. The van der Waals surface area contributed by atoms with E-state index < -0.39 is 0 Å². The van der Waals surface area contributed by atoms with Crippen LogP contribution in [0.4, 0.5) is 0 Å². The molecule has 0 aromatic carbocycles. The average Bonchev–Trinajstić information content (AvgIpc) is 2.89. The zero-order valence-corrected chi connectivity index (χ0v) is 11.8. The molecule has 0 radical (unpaired) electrons. The van der Waals surface area contributed by atoms with Gasteiger partial charge in [0.05, 0.1) is 28.5 Å². The van der Waals surface area contributed by atoms with Gasteiger partial charge in [-0.25, -0.2) is 9.97 Å². The maximum Gasteiger partial charge on any atom is 0.162 e. The second-order valence-corrected chi connectivity index (χ2v) is 4.94. The van der Waals surface area contributed by atoms with Crippen molar-refractivity contribution in [3.63, 3.8) is 0 Å². The molecule has 0 N–H and O–H groups in total. The quantitative estimate of drug-likeness (QED) is 0.680. The Labute approximate surface area is 119 Å². The number of aromatic nitrogens is 6. The number of halogens is 2. The number of hydrogen-bond donors (Lipinski definition) is 0. The third-order valence-electron chi connectivity index (χ3n) is 2.93. The highest BCUT2D eigenvalue weighted by atomic mass is 35.5. The summed E-state index contributed by atoms with van der Waals surface area (Å²) in [6.07, 6.45) is 3.25. The highest BCUT2D eigenvalue weighted by molar-refractivity contribution is 6.33. The van der Waals surface area contributed by atoms with Gasteiger partial charge in [-0.15, -0.1) is 0 Å². The van der Waals surface area contributed by atoms with E-state index in [0.717, 1.165) is 11.1 Å². The van der Waals surface area contributed by atoms with E-state index in [1.54, 1.807) is 21.8 Å². The molecule has 0 aliphatic carbocycles. The first kappa shape index (κ1) is 12.4. The summed E-state index contributed by atoms with van der Waals surface area (Å²) < 4.78 is 3.39. The van der Waals surface area contributed by atoms with Gasteiger partial charge in [0.15, 0.2) is 11.5 Å². The van der Waals surface area contributed by atoms with Gasteiger partial charge in [0.1, 0.15) is 11.7 Å². The molecule has 3 aromatic rings. The molecule has 0 aliphatic rings. The molecule has 6 nitrogen and oxygen atoms in total. The highest BCUT2D eigenvalue weighted by Crippen LogP contribution is 2.20. The summed E-state index contributed by atoms with van der Waals surface area (Å²) in [5, 5.41) is 10.0. The van der Waals surface area contributed by atoms with Gasteiger partial charge in [-0.05, 0) is 6.92 Å². The maximum atomic E-state index is 6.13. The minimum Gasteiger partial charge on any atom is -0.261 e. The first-order valence-corrected chi connectivity index (χ1v) is 6.34. The summed E-state index contributed by atoms with van der Waals surface area (Å²) in [5.41, 5.74) is 1.57. The van der Waals surface area contributed by atoms with Crippen molar-refractivity contribution >= 4 is 34.2 Å². The fourth-order valence-electron chi connectivity index (χ4n) is 1.82. The highest BCUT2D eigenvalue weighted by Gasteiger charge is 2.12. The minimum atomic E-state index is 0.393. The van der Waals surface area contributed by atoms with Crippen molar-refractivity contribution in [2.45, 2.75) is 13.5 Å². The molecule has 3 heterocycles. The van der Waals surface area contributed by atoms with Crippen LogP contribution in [0.2, 0.25) is 10.2 Å². The van der Waals surface area contributed by atoms with Crippen LogP contribution in [0.1, 0.15) is 11.5 Å². The van der Waals surface area contributed by atoms with Crippen molar-refractivity contribution < 1.29 is 0 Å². The normalized spacial score (nSPS) is 11.4. The summed E-state index contributed by atoms with van der Waals surface area (Å²) in [6, 6.07) is 0. The van der Waals surface area contributed by atoms with Crippen molar-refractivity contribution in [2.24, 2.45) is 7.05 Å². The average molecular weight is 297 g/mol. The Morgan fingerprint density at radius 3 is 2.63 bits per heavy atom. The fraction of sp³-hybridized carbons (Fsp3) is 0.273. The third kappa shape index (κ3) is 2.06. The number of nitrogens with zero attached hydrogens (tertiary/aromatic N) is 6. The van der Waals surface area contributed by atoms with E-state index in [-0.39, 0.29) is 0 Å². The summed E-state index contributed by atoms with van der Waals surface area (Å²) in [6.45, 7) is 2.30. The molecule has 98 valence electrons. The van der Waals surface area contributed by atoms with Crippen LogP contribution in [0, 0.1) is 6.92 Å². The second-order valence-electron chi connectivity index (χ2n) is 4.17. The Balaban J connectivity index is 2.06. The molecule has 0 atom stereocenters. The van der Waals surface area contributed by atoms with Crippen LogP contribution >= 0.6 is 23.2 Å². The van der Waals surface area contributed by atoms with E-state index in [1.807, 2.05) is 14.0 Å². The molecule has 3 rings (SSSR count). The molecule has 0 amide bonds. The van der Waals surface area contributed by atoms with Gasteiger partial charge in [0.25, 0.3) is 0 Å².